The second kappa shape index (κ2) is 6.54. The van der Waals surface area contributed by atoms with Gasteiger partial charge in [0.15, 0.2) is 16.7 Å². The molecule has 2 aromatic rings. The average molecular weight is 307 g/mol. The fourth-order valence-corrected chi connectivity index (χ4v) is 1.84. The summed E-state index contributed by atoms with van der Waals surface area (Å²) in [6, 6.07) is 5.89. The second-order valence-corrected chi connectivity index (χ2v) is 4.79. The molecule has 0 spiro atoms. The fraction of sp³-hybridized carbons (Fsp3) is 0.267. The Morgan fingerprint density at radius 2 is 2.05 bits per heavy atom. The molecule has 1 heterocycles. The highest BCUT2D eigenvalue weighted by Crippen LogP contribution is 2.26. The third-order valence-corrected chi connectivity index (χ3v) is 3.20. The largest absolute Gasteiger partial charge is 0.513 e. The summed E-state index contributed by atoms with van der Waals surface area (Å²) in [6.07, 6.45) is 0.526. The molecule has 2 rings (SSSR count). The maximum absolute atomic E-state index is 11.2. The number of aryl methyl sites for hydroxylation is 2. The normalized spacial score (nSPS) is 10.3. The van der Waals surface area contributed by atoms with E-state index in [-0.39, 0.29) is 17.5 Å². The van der Waals surface area contributed by atoms with Crippen molar-refractivity contribution in [2.24, 2.45) is 0 Å². The molecule has 0 aliphatic carbocycles. The highest BCUT2D eigenvalue weighted by Gasteiger charge is 2.13. The first-order valence-corrected chi connectivity index (χ1v) is 6.83. The lowest BCUT2D eigenvalue weighted by Gasteiger charge is -2.07. The Labute approximate surface area is 127 Å². The van der Waals surface area contributed by atoms with Crippen LogP contribution in [0.4, 0.5) is 4.79 Å². The van der Waals surface area contributed by atoms with Crippen molar-refractivity contribution < 1.29 is 14.3 Å². The van der Waals surface area contributed by atoms with Crippen LogP contribution in [0.3, 0.4) is 0 Å². The van der Waals surface area contributed by atoms with Crippen molar-refractivity contribution >= 4 is 17.8 Å². The molecule has 5 nitrogen and oxygen atoms in total. The van der Waals surface area contributed by atoms with Crippen LogP contribution in [0.1, 0.15) is 18.1 Å². The number of nitrogens with zero attached hydrogens (tertiary/aromatic N) is 2. The molecule has 0 N–H and O–H groups in total. The summed E-state index contributed by atoms with van der Waals surface area (Å²) in [5.74, 6) is 0.544. The molecular weight excluding hydrogens is 292 g/mol. The number of rotatable bonds is 3. The van der Waals surface area contributed by atoms with Crippen LogP contribution >= 0.6 is 11.6 Å². The van der Waals surface area contributed by atoms with Crippen molar-refractivity contribution in [1.82, 2.24) is 9.97 Å². The first-order chi connectivity index (χ1) is 10.0. The Bertz CT molecular complexity index is 674. The third-order valence-electron chi connectivity index (χ3n) is 2.93. The predicted molar refractivity (Wildman–Crippen MR) is 79.6 cm³/mol. The van der Waals surface area contributed by atoms with Crippen molar-refractivity contribution in [3.8, 4) is 17.1 Å². The molecule has 1 aromatic carbocycles. The lowest BCUT2D eigenvalue weighted by atomic mass is 10.1. The molecule has 0 unspecified atom stereocenters. The number of hydrogen-bond donors (Lipinski definition) is 0. The zero-order chi connectivity index (χ0) is 15.4. The molecule has 0 fully saturated rings. The topological polar surface area (TPSA) is 61.3 Å². The Kier molecular flexibility index (Phi) is 4.75. The van der Waals surface area contributed by atoms with E-state index in [4.69, 9.17) is 16.3 Å². The van der Waals surface area contributed by atoms with Crippen LogP contribution < -0.4 is 4.74 Å². The number of carbonyl (C=O) groups is 1. The van der Waals surface area contributed by atoms with Gasteiger partial charge in [0.1, 0.15) is 0 Å². The van der Waals surface area contributed by atoms with Crippen LogP contribution in [0, 0.1) is 13.8 Å². The summed E-state index contributed by atoms with van der Waals surface area (Å²) < 4.78 is 9.57. The first-order valence-electron chi connectivity index (χ1n) is 6.46. The fourth-order valence-electron chi connectivity index (χ4n) is 1.68. The van der Waals surface area contributed by atoms with Gasteiger partial charge in [0, 0.05) is 5.56 Å². The van der Waals surface area contributed by atoms with Gasteiger partial charge in [0.2, 0.25) is 0 Å². The maximum Gasteiger partial charge on any atom is 0.513 e. The highest BCUT2D eigenvalue weighted by molar-refractivity contribution is 6.31. The third kappa shape index (κ3) is 3.70. The van der Waals surface area contributed by atoms with Crippen molar-refractivity contribution in [2.45, 2.75) is 20.8 Å². The van der Waals surface area contributed by atoms with Crippen LogP contribution in [0.2, 0.25) is 5.15 Å². The van der Waals surface area contributed by atoms with Gasteiger partial charge >= 0.3 is 6.16 Å². The van der Waals surface area contributed by atoms with E-state index in [1.54, 1.807) is 6.92 Å². The summed E-state index contributed by atoms with van der Waals surface area (Å²) in [5, 5.41) is 0.0614. The van der Waals surface area contributed by atoms with Crippen LogP contribution in [0.25, 0.3) is 11.4 Å². The summed E-state index contributed by atoms with van der Waals surface area (Å²) >= 11 is 6.01. The number of hydrogen-bond acceptors (Lipinski definition) is 5. The van der Waals surface area contributed by atoms with Crippen LogP contribution in [-0.2, 0) is 4.74 Å². The number of ether oxygens (including phenoxy) is 2. The number of halogens is 1. The van der Waals surface area contributed by atoms with Crippen molar-refractivity contribution in [2.75, 3.05) is 6.61 Å². The van der Waals surface area contributed by atoms with Crippen LogP contribution in [-0.4, -0.2) is 22.7 Å². The molecule has 110 valence electrons. The average Bonchev–Trinajstić information content (AvgIpc) is 2.44. The minimum atomic E-state index is -0.832. The summed E-state index contributed by atoms with van der Waals surface area (Å²) in [5.41, 5.74) is 3.17. The van der Waals surface area contributed by atoms with E-state index >= 15 is 0 Å². The van der Waals surface area contributed by atoms with E-state index in [9.17, 15) is 4.79 Å². The van der Waals surface area contributed by atoms with E-state index in [2.05, 4.69) is 14.7 Å². The standard InChI is InChI=1S/C15H15ClN2O3/c1-4-20-15(19)21-12-8-17-14(18-13(12)16)11-6-5-9(2)10(3)7-11/h5-8H,4H2,1-3H3. The molecule has 21 heavy (non-hydrogen) atoms. The minimum absolute atomic E-state index is 0.0614. The highest BCUT2D eigenvalue weighted by atomic mass is 35.5. The van der Waals surface area contributed by atoms with Crippen molar-refractivity contribution in [1.29, 1.82) is 0 Å². The quantitative estimate of drug-likeness (QED) is 0.634. The number of aromatic nitrogens is 2. The lowest BCUT2D eigenvalue weighted by molar-refractivity contribution is 0.104. The zero-order valence-electron chi connectivity index (χ0n) is 12.0. The van der Waals surface area contributed by atoms with Gasteiger partial charge in [-0.1, -0.05) is 23.7 Å². The van der Waals surface area contributed by atoms with Gasteiger partial charge in [-0.05, 0) is 38.0 Å². The van der Waals surface area contributed by atoms with Gasteiger partial charge in [0.05, 0.1) is 12.8 Å². The minimum Gasteiger partial charge on any atom is -0.434 e. The predicted octanol–water partition coefficient (Wildman–Crippen LogP) is 3.95. The van der Waals surface area contributed by atoms with Crippen LogP contribution in [0.15, 0.2) is 24.4 Å². The summed E-state index contributed by atoms with van der Waals surface area (Å²) in [6.45, 7) is 5.95. The van der Waals surface area contributed by atoms with E-state index in [0.717, 1.165) is 11.1 Å². The molecule has 6 heteroatoms. The number of carbonyl (C=O) groups excluding carboxylic acids is 1. The number of benzene rings is 1. The van der Waals surface area contributed by atoms with E-state index in [1.807, 2.05) is 32.0 Å². The van der Waals surface area contributed by atoms with Gasteiger partial charge in [-0.2, -0.15) is 0 Å². The SMILES string of the molecule is CCOC(=O)Oc1cnc(-c2ccc(C)c(C)c2)nc1Cl. The maximum atomic E-state index is 11.2. The molecule has 0 saturated carbocycles. The Morgan fingerprint density at radius 3 is 2.67 bits per heavy atom. The molecule has 0 amide bonds. The molecular formula is C15H15ClN2O3. The zero-order valence-corrected chi connectivity index (χ0v) is 12.8. The van der Waals surface area contributed by atoms with Crippen LogP contribution in [0.5, 0.6) is 5.75 Å². The van der Waals surface area contributed by atoms with E-state index in [1.165, 1.54) is 11.8 Å². The Balaban J connectivity index is 2.26. The van der Waals surface area contributed by atoms with Crippen molar-refractivity contribution in [3.05, 3.63) is 40.7 Å². The Morgan fingerprint density at radius 1 is 1.29 bits per heavy atom. The van der Waals surface area contributed by atoms with Gasteiger partial charge in [-0.25, -0.2) is 14.8 Å². The molecule has 1 aromatic heterocycles. The van der Waals surface area contributed by atoms with Gasteiger partial charge in [-0.15, -0.1) is 0 Å². The first kappa shape index (κ1) is 15.3. The molecule has 0 saturated heterocycles. The monoisotopic (exact) mass is 306 g/mol. The second-order valence-electron chi connectivity index (χ2n) is 4.43. The molecule has 0 atom stereocenters. The lowest BCUT2D eigenvalue weighted by Crippen LogP contribution is -2.11. The smallest absolute Gasteiger partial charge is 0.434 e. The molecule has 0 aliphatic heterocycles. The van der Waals surface area contributed by atoms with Gasteiger partial charge < -0.3 is 9.47 Å². The van der Waals surface area contributed by atoms with Gasteiger partial charge in [-0.3, -0.25) is 0 Å². The molecule has 0 aliphatic rings. The van der Waals surface area contributed by atoms with E-state index < -0.39 is 6.16 Å². The summed E-state index contributed by atoms with van der Waals surface area (Å²) in [4.78, 5) is 19.6. The van der Waals surface area contributed by atoms with Gasteiger partial charge in [0.25, 0.3) is 0 Å². The van der Waals surface area contributed by atoms with E-state index in [0.29, 0.717) is 5.82 Å². The summed E-state index contributed by atoms with van der Waals surface area (Å²) in [7, 11) is 0. The molecule has 0 radical (unpaired) electrons. The Hall–Kier alpha value is -2.14. The molecule has 0 bridgehead atoms. The van der Waals surface area contributed by atoms with Crippen molar-refractivity contribution in [3.63, 3.8) is 0 Å².